The van der Waals surface area contributed by atoms with Crippen molar-refractivity contribution in [1.29, 1.82) is 0 Å². The van der Waals surface area contributed by atoms with Crippen LogP contribution in [0.25, 0.3) is 0 Å². The Labute approximate surface area is 689 Å². The number of aryl methyl sites for hydroxylation is 1. The van der Waals surface area contributed by atoms with Crippen molar-refractivity contribution in [1.82, 2.24) is 47.8 Å². The fourth-order valence-electron chi connectivity index (χ4n) is 12.8. The number of aliphatic hydroxyl groups excluding tert-OH is 8. The number of amides is 1. The van der Waals surface area contributed by atoms with E-state index in [4.69, 9.17) is 77.8 Å². The normalized spacial score (nSPS) is 27.9. The molecule has 5 aromatic heterocycles. The van der Waals surface area contributed by atoms with Crippen molar-refractivity contribution in [2.45, 2.75) is 162 Å². The molecule has 37 nitrogen and oxygen atoms in total. The number of carbonyl (C=O) groups excluding carboxylic acids is 1. The second-order valence-corrected chi connectivity index (χ2v) is 55.3. The van der Waals surface area contributed by atoms with Crippen LogP contribution in [-0.2, 0) is 45.0 Å². The molecule has 44 heteroatoms. The summed E-state index contributed by atoms with van der Waals surface area (Å²) in [4.78, 5) is 78.4. The number of halogens is 1. The van der Waals surface area contributed by atoms with E-state index in [1.54, 1.807) is 17.8 Å². The second kappa shape index (κ2) is 41.8. The van der Waals surface area contributed by atoms with Gasteiger partial charge in [-0.1, -0.05) is 0 Å². The Hall–Kier alpha value is -5.53. The number of nitrogens with one attached hydrogen (secondary N) is 1. The van der Waals surface area contributed by atoms with E-state index in [1.165, 1.54) is 75.4 Å². The number of nitrogens with two attached hydrogens (primary N) is 4. The van der Waals surface area contributed by atoms with Crippen molar-refractivity contribution in [3.8, 4) is 11.5 Å². The smallest absolute Gasteiger partial charge is 0.351 e. The third kappa shape index (κ3) is 27.5. The Morgan fingerprint density at radius 1 is 0.474 bits per heavy atom. The number of methoxy groups -OCH3 is 4. The number of anilines is 5. The van der Waals surface area contributed by atoms with Crippen LogP contribution >= 0.6 is 62.6 Å². The molecule has 0 bridgehead atoms. The molecule has 0 spiro atoms. The molecular weight excluding hydrogens is 1690 g/mol. The fourth-order valence-corrected chi connectivity index (χ4v) is 18.0. The quantitative estimate of drug-likeness (QED) is 0.0292. The highest BCUT2D eigenvalue weighted by Gasteiger charge is 2.49. The number of rotatable bonds is 25. The molecule has 17 N–H and O–H groups in total. The first-order valence-corrected chi connectivity index (χ1v) is 53.3. The first-order chi connectivity index (χ1) is 53.6. The minimum absolute atomic E-state index is 0.00594. The van der Waals surface area contributed by atoms with Crippen LogP contribution in [0.15, 0.2) is 60.7 Å². The first kappa shape index (κ1) is 99.3. The molecule has 5 fully saturated rings. The van der Waals surface area contributed by atoms with Gasteiger partial charge in [-0.25, -0.2) is 24.2 Å². The van der Waals surface area contributed by atoms with Gasteiger partial charge in [0.2, 0.25) is 10.7 Å². The van der Waals surface area contributed by atoms with Crippen LogP contribution in [0.2, 0.25) is 0 Å². The molecule has 0 radical (unpaired) electrons. The van der Waals surface area contributed by atoms with Crippen LogP contribution in [0, 0.1) is 4.77 Å². The van der Waals surface area contributed by atoms with Gasteiger partial charge in [0, 0.05) is 52.3 Å². The van der Waals surface area contributed by atoms with Gasteiger partial charge in [0.05, 0.1) is 61.6 Å². The van der Waals surface area contributed by atoms with E-state index in [1.807, 2.05) is 0 Å². The van der Waals surface area contributed by atoms with Crippen LogP contribution in [0.4, 0.5) is 29.1 Å². The van der Waals surface area contributed by atoms with E-state index in [9.17, 15) is 64.8 Å². The van der Waals surface area contributed by atoms with E-state index < -0.39 is 180 Å². The number of aromatic nitrogens is 10. The lowest BCUT2D eigenvalue weighted by Gasteiger charge is -2.20. The third-order valence-electron chi connectivity index (χ3n) is 19.3. The summed E-state index contributed by atoms with van der Waals surface area (Å²) in [5.74, 6) is 0.569. The lowest BCUT2D eigenvalue weighted by atomic mass is 10.0. The van der Waals surface area contributed by atoms with Gasteiger partial charge in [0.1, 0.15) is 84.6 Å². The van der Waals surface area contributed by atoms with Crippen LogP contribution in [-0.4, -0.2) is 343 Å². The van der Waals surface area contributed by atoms with E-state index in [-0.39, 0.29) is 46.5 Å². The zero-order valence-corrected chi connectivity index (χ0v) is 75.6. The molecule has 116 heavy (non-hydrogen) atoms. The molecule has 5 aromatic rings. The summed E-state index contributed by atoms with van der Waals surface area (Å²) in [6.45, 7) is 16.2. The largest absolute Gasteiger partial charge is 0.491 e. The highest BCUT2D eigenvalue weighted by Crippen LogP contribution is 2.46. The molecule has 654 valence electrons. The zero-order valence-electron chi connectivity index (χ0n) is 68.7. The van der Waals surface area contributed by atoms with Crippen LogP contribution in [0.1, 0.15) is 75.6 Å². The topological polar surface area (TPSA) is 535 Å². The van der Waals surface area contributed by atoms with Crippen molar-refractivity contribution < 1.29 is 88.3 Å². The van der Waals surface area contributed by atoms with Crippen molar-refractivity contribution in [3.05, 3.63) is 93.8 Å². The number of carbonyl (C=O) groups is 1. The molecule has 0 unspecified atom stereocenters. The first-order valence-electron chi connectivity index (χ1n) is 36.9. The summed E-state index contributed by atoms with van der Waals surface area (Å²) in [5.41, 5.74) is 20.7. The molecule has 10 heterocycles. The number of nitrogens with zero attached hydrogens (tertiary/aromatic N) is 10. The highest BCUT2D eigenvalue weighted by molar-refractivity contribution is 9.10. The average Bonchev–Trinajstić information content (AvgIpc) is 1.36. The van der Waals surface area contributed by atoms with Gasteiger partial charge in [0.25, 0.3) is 0 Å². The minimum atomic E-state index is -1.28. The van der Waals surface area contributed by atoms with E-state index in [0.717, 1.165) is 39.9 Å². The summed E-state index contributed by atoms with van der Waals surface area (Å²) >= 11 is 8.23. The van der Waals surface area contributed by atoms with Gasteiger partial charge in [-0.3, -0.25) is 23.1 Å². The van der Waals surface area contributed by atoms with Crippen molar-refractivity contribution >= 4 is 129 Å². The molecule has 0 aromatic carbocycles. The number of aliphatic hydroxyl groups is 8. The van der Waals surface area contributed by atoms with Gasteiger partial charge in [-0.05, 0) is 164 Å². The summed E-state index contributed by atoms with van der Waals surface area (Å²) < 4.78 is 57.1. The fraction of sp³-hybridized carbons (Fsp3) is 0.639. The number of ether oxygens (including phenoxy) is 9. The summed E-state index contributed by atoms with van der Waals surface area (Å²) in [6, 6.07) is 1.50. The summed E-state index contributed by atoms with van der Waals surface area (Å²) in [7, 11) is 7.52. The molecule has 20 atom stereocenters. The minimum Gasteiger partial charge on any atom is -0.491 e. The predicted octanol–water partition coefficient (Wildman–Crippen LogP) is 1.63. The van der Waals surface area contributed by atoms with E-state index in [2.05, 4.69) is 144 Å². The summed E-state index contributed by atoms with van der Waals surface area (Å²) in [6.07, 6.45) is 19.1. The molecule has 0 aliphatic carbocycles. The van der Waals surface area contributed by atoms with Gasteiger partial charge in [0.15, 0.2) is 48.0 Å². The SMILES string of the molecule is C=P(C)(C)CC[C@H]1O[C@@H](c2cn(C)c(=S)nc2N)[C@H](O)[C@@H]1O.C=P(C)(C)CC[C@H]1O[C@@H](n2cc(Br)c(N)nc2=O)[C@H](O)[C@@H]1O.C=P(C)(C)CC[C@H]1O[C@@H](n2cc(OC)c(N)nc2=O)[C@H](O)[C@@H]1O.C=P(C)(C)CC[C@H]1O[C@@H](n2cc(OC)c(N)nc2=O)[C@H](OC)[C@@H]1O.C=P(C)(C)CC[C@H]1O[C@@H](n2ccc(NC(C)=O)nc2=O)[C@H](OC)[C@@H]1O. The molecule has 0 saturated carbocycles. The predicted molar refractivity (Wildman–Crippen MR) is 471 cm³/mol. The van der Waals surface area contributed by atoms with Gasteiger partial charge < -0.3 is 116 Å². The Bertz CT molecular complexity index is 4760. The lowest BCUT2D eigenvalue weighted by molar-refractivity contribution is -0.114. The zero-order chi connectivity index (χ0) is 87.5. The van der Waals surface area contributed by atoms with Crippen LogP contribution < -0.4 is 60.5 Å². The Kier molecular flexibility index (Phi) is 35.8. The third-order valence-corrected chi connectivity index (χ3v) is 27.6. The summed E-state index contributed by atoms with van der Waals surface area (Å²) in [5, 5.41) is 84.7. The Morgan fingerprint density at radius 2 is 0.802 bits per heavy atom. The number of hydrogen-bond donors (Lipinski definition) is 13. The van der Waals surface area contributed by atoms with Gasteiger partial charge in [-0.15, -0.1) is 65.9 Å². The number of nitrogen functional groups attached to an aromatic ring is 4. The van der Waals surface area contributed by atoms with Gasteiger partial charge in [-0.2, -0.15) is 19.9 Å². The molecule has 5 aliphatic heterocycles. The Balaban J connectivity index is 0.000000226. The van der Waals surface area contributed by atoms with Crippen LogP contribution in [0.5, 0.6) is 11.5 Å². The molecule has 5 saturated heterocycles. The highest BCUT2D eigenvalue weighted by atomic mass is 79.9. The van der Waals surface area contributed by atoms with Crippen molar-refractivity contribution in [2.24, 2.45) is 7.05 Å². The second-order valence-electron chi connectivity index (χ2n) is 32.5. The van der Waals surface area contributed by atoms with Crippen LogP contribution in [0.3, 0.4) is 0 Å². The Morgan fingerprint density at radius 3 is 1.16 bits per heavy atom. The van der Waals surface area contributed by atoms with Gasteiger partial charge >= 0.3 is 22.8 Å². The maximum absolute atomic E-state index is 12.3. The molecule has 10 rings (SSSR count). The van der Waals surface area contributed by atoms with E-state index >= 15 is 0 Å². The van der Waals surface area contributed by atoms with E-state index in [0.29, 0.717) is 46.9 Å². The maximum Gasteiger partial charge on any atom is 0.351 e. The number of hydrogen-bond acceptors (Lipinski definition) is 32. The lowest BCUT2D eigenvalue weighted by Crippen LogP contribution is -2.37. The molecule has 1 amide bonds. The molecule has 5 aliphatic rings. The standard InChI is InChI=1S/C16H26N3O5P.C15H26N3O5P.C14H24N3O5P.C14H24N3O3PS.C13H21BrN3O4P/c1-10(20)17-12-6-8-19(16(22)18-12)15-14(23-2)13(21)11(24-15)7-9-25(3,4)5;1-21-10-8-18(15(20)17-13(10)16)14-12(22-2)11(19)9(23-14)6-7-24(3,4)5;1-21-9-7-17(14(20)16-12(9)15)13-11(19)10(18)8(22-13)5-6-23(2,3)4;1-17-7-8(13(15)16-14(17)22)12-11(19)10(18)9(20-12)5-6-21(2,3)4;1-22(2,3)5-4-8-9(18)10(19)12(21-8)17-6-7(14)11(15)16-13(17)20/h6,8,11,13-15,21H,3,7,9H2,1-2,4-5H3,(H,17,18,20,22);8-9,11-12,14,19H,3,6-7H2,1-2,4-5H3,(H2,16,17,20);7-8,10-11,13,18-19H,2,5-6H2,1,3-4H3,(H2,15,16,20);7,9-12,18-19H,2,5-6H2,1,3-4H3,(H2,15,16,22);6,8-10,12,18-19H,1,4-5H2,2-3H3,(H2,15,16,20)/t11-,13-,14-,15-;9-,11-,12-,14-;8-,10-,11-,13-;9-,10-,11-,12+;8-,9-,10-,12-/m11111/s1. The maximum atomic E-state index is 12.3. The molecular formula is C72H121BrN15O22P5S. The van der Waals surface area contributed by atoms with Crippen molar-refractivity contribution in [3.63, 3.8) is 0 Å². The average molecular weight is 1820 g/mol. The van der Waals surface area contributed by atoms with Crippen molar-refractivity contribution in [2.75, 3.05) is 154 Å². The monoisotopic (exact) mass is 1810 g/mol.